The zero-order valence-electron chi connectivity index (χ0n) is 21.0. The molecule has 0 bridgehead atoms. The Kier molecular flexibility index (Phi) is 9.64. The Morgan fingerprint density at radius 3 is 2.17 bits per heavy atom. The van der Waals surface area contributed by atoms with Gasteiger partial charge in [-0.05, 0) is 67.3 Å². The molecule has 1 aliphatic rings. The van der Waals surface area contributed by atoms with Gasteiger partial charge in [-0.25, -0.2) is 9.18 Å². The molecule has 6 nitrogen and oxygen atoms in total. The van der Waals surface area contributed by atoms with E-state index in [1.807, 2.05) is 12.1 Å². The number of nitrogens with zero attached hydrogens (tertiary/aromatic N) is 3. The molecule has 35 heavy (non-hydrogen) atoms. The SMILES string of the molecule is COC(=O)c1ccc(C(C#N)(CCCN2CCN(CCOc3ccc(F)cc3)CC2)C(C)C)cc1. The molecule has 1 aliphatic heterocycles. The largest absolute Gasteiger partial charge is 0.492 e. The highest BCUT2D eigenvalue weighted by atomic mass is 19.1. The fourth-order valence-electron chi connectivity index (χ4n) is 4.68. The number of rotatable bonds is 11. The molecule has 1 unspecified atom stereocenters. The number of halogens is 1. The molecule has 1 heterocycles. The van der Waals surface area contributed by atoms with Gasteiger partial charge in [-0.2, -0.15) is 5.26 Å². The number of ether oxygens (including phenoxy) is 2. The number of hydrogen-bond donors (Lipinski definition) is 0. The summed E-state index contributed by atoms with van der Waals surface area (Å²) in [5.74, 6) is 0.209. The quantitative estimate of drug-likeness (QED) is 0.440. The molecule has 1 atom stereocenters. The first-order chi connectivity index (χ1) is 16.9. The third-order valence-electron chi connectivity index (χ3n) is 7.01. The van der Waals surface area contributed by atoms with Gasteiger partial charge >= 0.3 is 5.97 Å². The molecule has 0 saturated carbocycles. The monoisotopic (exact) mass is 481 g/mol. The first-order valence-electron chi connectivity index (χ1n) is 12.3. The van der Waals surface area contributed by atoms with Crippen molar-refractivity contribution in [3.63, 3.8) is 0 Å². The maximum atomic E-state index is 13.0. The second-order valence-electron chi connectivity index (χ2n) is 9.40. The molecule has 2 aromatic rings. The maximum absolute atomic E-state index is 13.0. The average Bonchev–Trinajstić information content (AvgIpc) is 2.88. The summed E-state index contributed by atoms with van der Waals surface area (Å²) in [6.07, 6.45) is 1.70. The fraction of sp³-hybridized carbons (Fsp3) is 0.500. The van der Waals surface area contributed by atoms with Crippen molar-refractivity contribution in [2.24, 2.45) is 5.92 Å². The summed E-state index contributed by atoms with van der Waals surface area (Å²) < 4.78 is 23.5. The van der Waals surface area contributed by atoms with Crippen LogP contribution in [0.4, 0.5) is 4.39 Å². The molecular weight excluding hydrogens is 445 g/mol. The second kappa shape index (κ2) is 12.7. The molecular formula is C28H36FN3O3. The van der Waals surface area contributed by atoms with Crippen molar-refractivity contribution in [1.82, 2.24) is 9.80 Å². The van der Waals surface area contributed by atoms with Gasteiger partial charge in [0.2, 0.25) is 0 Å². The van der Waals surface area contributed by atoms with Crippen LogP contribution in [0.3, 0.4) is 0 Å². The predicted molar refractivity (Wildman–Crippen MR) is 134 cm³/mol. The van der Waals surface area contributed by atoms with E-state index < -0.39 is 5.41 Å². The Bertz CT molecular complexity index is 980. The van der Waals surface area contributed by atoms with Crippen molar-refractivity contribution in [3.8, 4) is 11.8 Å². The van der Waals surface area contributed by atoms with Crippen LogP contribution >= 0.6 is 0 Å². The summed E-state index contributed by atoms with van der Waals surface area (Å²) in [5.41, 5.74) is 0.857. The molecule has 0 aromatic heterocycles. The molecule has 0 radical (unpaired) electrons. The highest BCUT2D eigenvalue weighted by molar-refractivity contribution is 5.89. The molecule has 1 saturated heterocycles. The number of benzene rings is 2. The van der Waals surface area contributed by atoms with E-state index in [1.54, 1.807) is 24.3 Å². The van der Waals surface area contributed by atoms with Crippen LogP contribution in [0.1, 0.15) is 42.6 Å². The molecule has 2 aromatic carbocycles. The molecule has 0 spiro atoms. The van der Waals surface area contributed by atoms with Gasteiger partial charge in [0.15, 0.2) is 0 Å². The van der Waals surface area contributed by atoms with E-state index in [0.29, 0.717) is 17.9 Å². The van der Waals surface area contributed by atoms with Gasteiger partial charge in [0, 0.05) is 32.7 Å². The lowest BCUT2D eigenvalue weighted by Gasteiger charge is -2.36. The highest BCUT2D eigenvalue weighted by Gasteiger charge is 2.36. The topological polar surface area (TPSA) is 65.8 Å². The Hall–Kier alpha value is -2.95. The van der Waals surface area contributed by atoms with Crippen molar-refractivity contribution in [3.05, 3.63) is 65.5 Å². The van der Waals surface area contributed by atoms with Crippen LogP contribution in [0.15, 0.2) is 48.5 Å². The number of carbonyl (C=O) groups excluding carboxylic acids is 1. The van der Waals surface area contributed by atoms with Crippen molar-refractivity contribution in [2.45, 2.75) is 32.1 Å². The summed E-state index contributed by atoms with van der Waals surface area (Å²) >= 11 is 0. The summed E-state index contributed by atoms with van der Waals surface area (Å²) in [4.78, 5) is 16.6. The minimum Gasteiger partial charge on any atom is -0.492 e. The average molecular weight is 482 g/mol. The summed E-state index contributed by atoms with van der Waals surface area (Å²) in [7, 11) is 1.37. The van der Waals surface area contributed by atoms with E-state index >= 15 is 0 Å². The van der Waals surface area contributed by atoms with E-state index in [1.165, 1.54) is 19.2 Å². The van der Waals surface area contributed by atoms with E-state index in [0.717, 1.165) is 57.7 Å². The Balaban J connectivity index is 1.45. The van der Waals surface area contributed by atoms with Crippen molar-refractivity contribution >= 4 is 5.97 Å². The van der Waals surface area contributed by atoms with Crippen molar-refractivity contribution in [1.29, 1.82) is 5.26 Å². The number of piperazine rings is 1. The van der Waals surface area contributed by atoms with Gasteiger partial charge in [-0.3, -0.25) is 4.90 Å². The lowest BCUT2D eigenvalue weighted by molar-refractivity contribution is 0.0600. The number of nitriles is 1. The van der Waals surface area contributed by atoms with Gasteiger partial charge in [-0.1, -0.05) is 26.0 Å². The van der Waals surface area contributed by atoms with Gasteiger partial charge in [0.25, 0.3) is 0 Å². The zero-order chi connectivity index (χ0) is 25.3. The molecule has 7 heteroatoms. The third kappa shape index (κ3) is 7.03. The number of methoxy groups -OCH3 is 1. The van der Waals surface area contributed by atoms with Crippen LogP contribution in [0.25, 0.3) is 0 Å². The van der Waals surface area contributed by atoms with E-state index in [-0.39, 0.29) is 17.7 Å². The summed E-state index contributed by atoms with van der Waals surface area (Å²) in [5, 5.41) is 10.2. The first kappa shape index (κ1) is 26.7. The predicted octanol–water partition coefficient (Wildman–Crippen LogP) is 4.51. The number of esters is 1. The number of hydrogen-bond acceptors (Lipinski definition) is 6. The highest BCUT2D eigenvalue weighted by Crippen LogP contribution is 2.36. The molecule has 0 aliphatic carbocycles. The van der Waals surface area contributed by atoms with Gasteiger partial charge in [-0.15, -0.1) is 0 Å². The first-order valence-corrected chi connectivity index (χ1v) is 12.3. The van der Waals surface area contributed by atoms with Crippen LogP contribution in [-0.2, 0) is 10.2 Å². The minimum absolute atomic E-state index is 0.148. The fourth-order valence-corrected chi connectivity index (χ4v) is 4.68. The van der Waals surface area contributed by atoms with Crippen LogP contribution in [-0.4, -0.2) is 68.8 Å². The zero-order valence-corrected chi connectivity index (χ0v) is 21.0. The van der Waals surface area contributed by atoms with Gasteiger partial charge < -0.3 is 14.4 Å². The van der Waals surface area contributed by atoms with Crippen LogP contribution in [0, 0.1) is 23.1 Å². The Labute approximate surface area is 208 Å². The standard InChI is InChI=1S/C28H36FN3O3/c1-22(2)28(21-30,24-7-5-23(6-8-24)27(33)34-3)13-4-14-31-15-17-32(18-16-31)19-20-35-26-11-9-25(29)10-12-26/h5-12,22H,4,13-20H2,1-3H3. The van der Waals surface area contributed by atoms with Gasteiger partial charge in [0.1, 0.15) is 18.2 Å². The number of carbonyl (C=O) groups is 1. The molecule has 188 valence electrons. The molecule has 0 N–H and O–H groups in total. The minimum atomic E-state index is -0.589. The van der Waals surface area contributed by atoms with Crippen LogP contribution in [0.2, 0.25) is 0 Å². The normalized spacial score (nSPS) is 16.5. The lowest BCUT2D eigenvalue weighted by Crippen LogP contribution is -2.47. The van der Waals surface area contributed by atoms with E-state index in [2.05, 4.69) is 29.7 Å². The second-order valence-corrected chi connectivity index (χ2v) is 9.40. The van der Waals surface area contributed by atoms with Crippen molar-refractivity contribution < 1.29 is 18.7 Å². The summed E-state index contributed by atoms with van der Waals surface area (Å²) in [6.45, 7) is 10.5. The maximum Gasteiger partial charge on any atom is 0.337 e. The van der Waals surface area contributed by atoms with E-state index in [9.17, 15) is 14.4 Å². The van der Waals surface area contributed by atoms with Crippen LogP contribution in [0.5, 0.6) is 5.75 Å². The Morgan fingerprint density at radius 2 is 1.63 bits per heavy atom. The van der Waals surface area contributed by atoms with Crippen molar-refractivity contribution in [2.75, 3.05) is 53.0 Å². The lowest BCUT2D eigenvalue weighted by atomic mass is 9.69. The van der Waals surface area contributed by atoms with Gasteiger partial charge in [0.05, 0.1) is 24.2 Å². The summed E-state index contributed by atoms with van der Waals surface area (Å²) in [6, 6.07) is 16.0. The van der Waals surface area contributed by atoms with E-state index in [4.69, 9.17) is 9.47 Å². The molecule has 1 fully saturated rings. The Morgan fingerprint density at radius 1 is 1.03 bits per heavy atom. The molecule has 0 amide bonds. The smallest absolute Gasteiger partial charge is 0.337 e. The van der Waals surface area contributed by atoms with Crippen LogP contribution < -0.4 is 4.74 Å². The molecule has 3 rings (SSSR count). The third-order valence-corrected chi connectivity index (χ3v) is 7.01.